The second kappa shape index (κ2) is 6.05. The molecule has 3 N–H and O–H groups in total. The van der Waals surface area contributed by atoms with Crippen LogP contribution in [0.2, 0.25) is 15.1 Å². The summed E-state index contributed by atoms with van der Waals surface area (Å²) in [6.45, 7) is 0. The highest BCUT2D eigenvalue weighted by Crippen LogP contribution is 2.33. The van der Waals surface area contributed by atoms with Crippen LogP contribution >= 0.6 is 46.6 Å². The number of hydrogen-bond acceptors (Lipinski definition) is 5. The summed E-state index contributed by atoms with van der Waals surface area (Å²) in [6, 6.07) is 4.80. The molecule has 0 aliphatic rings. The predicted octanol–water partition coefficient (Wildman–Crippen LogP) is 4.48. The van der Waals surface area contributed by atoms with E-state index in [0.717, 1.165) is 0 Å². The van der Waals surface area contributed by atoms with Gasteiger partial charge in [0.05, 0.1) is 20.8 Å². The van der Waals surface area contributed by atoms with E-state index in [2.05, 4.69) is 15.3 Å². The van der Waals surface area contributed by atoms with E-state index in [9.17, 15) is 0 Å². The van der Waals surface area contributed by atoms with E-state index in [1.807, 2.05) is 6.26 Å². The second-order valence-electron chi connectivity index (χ2n) is 3.54. The molecular formula is C11H9Cl3N4S. The minimum atomic E-state index is 0.373. The number of thioether (sulfide) groups is 1. The molecule has 0 atom stereocenters. The molecule has 0 aliphatic heterocycles. The van der Waals surface area contributed by atoms with Crippen molar-refractivity contribution in [3.8, 4) is 0 Å². The van der Waals surface area contributed by atoms with Crippen LogP contribution < -0.4 is 11.1 Å². The van der Waals surface area contributed by atoms with Crippen LogP contribution in [0.1, 0.15) is 0 Å². The van der Waals surface area contributed by atoms with Crippen LogP contribution in [0.3, 0.4) is 0 Å². The zero-order valence-corrected chi connectivity index (χ0v) is 12.8. The molecule has 0 aliphatic carbocycles. The summed E-state index contributed by atoms with van der Waals surface area (Å²) >= 11 is 19.3. The molecule has 8 heteroatoms. The van der Waals surface area contributed by atoms with Gasteiger partial charge < -0.3 is 11.1 Å². The third-order valence-corrected chi connectivity index (χ3v) is 3.76. The average molecular weight is 336 g/mol. The van der Waals surface area contributed by atoms with E-state index in [1.165, 1.54) is 11.8 Å². The van der Waals surface area contributed by atoms with Crippen molar-refractivity contribution in [3.63, 3.8) is 0 Å². The molecule has 0 saturated carbocycles. The van der Waals surface area contributed by atoms with Gasteiger partial charge in [0, 0.05) is 6.07 Å². The molecule has 0 fully saturated rings. The molecule has 0 radical (unpaired) electrons. The van der Waals surface area contributed by atoms with Gasteiger partial charge in [-0.3, -0.25) is 0 Å². The van der Waals surface area contributed by atoms with Crippen LogP contribution in [0, 0.1) is 0 Å². The maximum Gasteiger partial charge on any atom is 0.191 e. The molecule has 0 amide bonds. The number of nitrogens with two attached hydrogens (primary N) is 1. The lowest BCUT2D eigenvalue weighted by atomic mass is 10.3. The summed E-state index contributed by atoms with van der Waals surface area (Å²) in [5.41, 5.74) is 6.29. The van der Waals surface area contributed by atoms with Crippen molar-refractivity contribution in [2.24, 2.45) is 0 Å². The molecule has 4 nitrogen and oxygen atoms in total. The SMILES string of the molecule is CSc1nc(N)cc(Nc2cc(Cl)c(Cl)cc2Cl)n1. The molecule has 1 aromatic heterocycles. The van der Waals surface area contributed by atoms with Crippen LogP contribution in [0.4, 0.5) is 17.3 Å². The number of hydrogen-bond donors (Lipinski definition) is 2. The van der Waals surface area contributed by atoms with Gasteiger partial charge in [-0.2, -0.15) is 0 Å². The van der Waals surface area contributed by atoms with Crippen LogP contribution in [0.25, 0.3) is 0 Å². The molecule has 0 unspecified atom stereocenters. The summed E-state index contributed by atoms with van der Waals surface area (Å²) in [7, 11) is 0. The fourth-order valence-corrected chi connectivity index (χ4v) is 2.34. The van der Waals surface area contributed by atoms with Gasteiger partial charge in [0.25, 0.3) is 0 Å². The molecule has 19 heavy (non-hydrogen) atoms. The minimum Gasteiger partial charge on any atom is -0.383 e. The maximum absolute atomic E-state index is 6.08. The fraction of sp³-hybridized carbons (Fsp3) is 0.0909. The quantitative estimate of drug-likeness (QED) is 0.492. The Kier molecular flexibility index (Phi) is 4.62. The van der Waals surface area contributed by atoms with Gasteiger partial charge in [0.2, 0.25) is 0 Å². The Hall–Kier alpha value is -0.880. The first-order valence-electron chi connectivity index (χ1n) is 5.09. The van der Waals surface area contributed by atoms with Gasteiger partial charge in [-0.1, -0.05) is 46.6 Å². The molecule has 1 aromatic carbocycles. The lowest BCUT2D eigenvalue weighted by Gasteiger charge is -2.10. The van der Waals surface area contributed by atoms with Crippen LogP contribution in [-0.2, 0) is 0 Å². The summed E-state index contributed by atoms with van der Waals surface area (Å²) in [5.74, 6) is 0.912. The molecule has 2 aromatic rings. The van der Waals surface area contributed by atoms with E-state index in [0.29, 0.717) is 37.5 Å². The van der Waals surface area contributed by atoms with Crippen molar-refractivity contribution >= 4 is 63.9 Å². The molecule has 100 valence electrons. The van der Waals surface area contributed by atoms with Crippen molar-refractivity contribution in [3.05, 3.63) is 33.3 Å². The van der Waals surface area contributed by atoms with Crippen LogP contribution in [0.5, 0.6) is 0 Å². The average Bonchev–Trinajstić information content (AvgIpc) is 2.35. The van der Waals surface area contributed by atoms with Crippen LogP contribution in [0.15, 0.2) is 23.4 Å². The number of nitrogens with zero attached hydrogens (tertiary/aromatic N) is 2. The Morgan fingerprint density at radius 2 is 1.74 bits per heavy atom. The Bertz CT molecular complexity index is 621. The Morgan fingerprint density at radius 3 is 2.42 bits per heavy atom. The summed E-state index contributed by atoms with van der Waals surface area (Å²) < 4.78 is 0. The molecule has 0 saturated heterocycles. The molecule has 1 heterocycles. The number of anilines is 3. The van der Waals surface area contributed by atoms with Gasteiger partial charge in [0.1, 0.15) is 11.6 Å². The maximum atomic E-state index is 6.08. The van der Waals surface area contributed by atoms with Crippen molar-refractivity contribution in [2.45, 2.75) is 5.16 Å². The van der Waals surface area contributed by atoms with Crippen LogP contribution in [-0.4, -0.2) is 16.2 Å². The normalized spacial score (nSPS) is 10.5. The van der Waals surface area contributed by atoms with Gasteiger partial charge in [0.15, 0.2) is 5.16 Å². The zero-order valence-electron chi connectivity index (χ0n) is 9.75. The lowest BCUT2D eigenvalue weighted by Crippen LogP contribution is -2.00. The topological polar surface area (TPSA) is 63.8 Å². The number of nitrogen functional groups attached to an aromatic ring is 1. The Labute approximate surface area is 129 Å². The largest absolute Gasteiger partial charge is 0.383 e. The van der Waals surface area contributed by atoms with Gasteiger partial charge >= 0.3 is 0 Å². The first-order valence-corrected chi connectivity index (χ1v) is 7.45. The first-order chi connectivity index (χ1) is 8.99. The molecular weight excluding hydrogens is 327 g/mol. The number of rotatable bonds is 3. The fourth-order valence-electron chi connectivity index (χ4n) is 1.35. The lowest BCUT2D eigenvalue weighted by molar-refractivity contribution is 0.984. The number of aromatic nitrogens is 2. The smallest absolute Gasteiger partial charge is 0.191 e. The van der Waals surface area contributed by atoms with Crippen molar-refractivity contribution in [1.29, 1.82) is 0 Å². The van der Waals surface area contributed by atoms with E-state index in [1.54, 1.807) is 18.2 Å². The van der Waals surface area contributed by atoms with E-state index >= 15 is 0 Å². The van der Waals surface area contributed by atoms with Crippen molar-refractivity contribution in [2.75, 3.05) is 17.3 Å². The van der Waals surface area contributed by atoms with E-state index < -0.39 is 0 Å². The molecule has 2 rings (SSSR count). The first kappa shape index (κ1) is 14.5. The number of nitrogens with one attached hydrogen (secondary N) is 1. The van der Waals surface area contributed by atoms with E-state index in [-0.39, 0.29) is 0 Å². The highest BCUT2D eigenvalue weighted by Gasteiger charge is 2.08. The number of benzene rings is 1. The Morgan fingerprint density at radius 1 is 1.05 bits per heavy atom. The monoisotopic (exact) mass is 334 g/mol. The van der Waals surface area contributed by atoms with Gasteiger partial charge in [-0.05, 0) is 18.4 Å². The molecule has 0 spiro atoms. The second-order valence-corrected chi connectivity index (χ2v) is 5.53. The summed E-state index contributed by atoms with van der Waals surface area (Å²) in [5, 5.41) is 4.84. The van der Waals surface area contributed by atoms with Gasteiger partial charge in [-0.25, -0.2) is 9.97 Å². The van der Waals surface area contributed by atoms with Crippen molar-refractivity contribution in [1.82, 2.24) is 9.97 Å². The highest BCUT2D eigenvalue weighted by atomic mass is 35.5. The Balaban J connectivity index is 2.36. The third-order valence-electron chi connectivity index (χ3n) is 2.18. The molecule has 0 bridgehead atoms. The van der Waals surface area contributed by atoms with Gasteiger partial charge in [-0.15, -0.1) is 0 Å². The summed E-state index contributed by atoms with van der Waals surface area (Å²) in [4.78, 5) is 8.32. The summed E-state index contributed by atoms with van der Waals surface area (Å²) in [6.07, 6.45) is 1.87. The third kappa shape index (κ3) is 3.57. The standard InChI is InChI=1S/C11H9Cl3N4S/c1-19-11-17-9(15)4-10(18-11)16-8-3-6(13)5(12)2-7(8)14/h2-4H,1H3,(H3,15,16,17,18). The number of halogens is 3. The minimum absolute atomic E-state index is 0.373. The predicted molar refractivity (Wildman–Crippen MR) is 83.0 cm³/mol. The van der Waals surface area contributed by atoms with E-state index in [4.69, 9.17) is 40.5 Å². The zero-order chi connectivity index (χ0) is 14.0. The highest BCUT2D eigenvalue weighted by molar-refractivity contribution is 7.98. The van der Waals surface area contributed by atoms with Crippen molar-refractivity contribution < 1.29 is 0 Å².